The summed E-state index contributed by atoms with van der Waals surface area (Å²) in [5, 5.41) is 5.57. The van der Waals surface area contributed by atoms with E-state index in [9.17, 15) is 9.59 Å². The Bertz CT molecular complexity index is 295. The van der Waals surface area contributed by atoms with E-state index in [1.165, 1.54) is 0 Å². The van der Waals surface area contributed by atoms with Gasteiger partial charge in [-0.1, -0.05) is 0 Å². The molecular formula is C12H22N4O4. The summed E-state index contributed by atoms with van der Waals surface area (Å²) < 4.78 is 10.4. The maximum Gasteiger partial charge on any atom is 0.317 e. The van der Waals surface area contributed by atoms with E-state index in [2.05, 4.69) is 10.6 Å². The molecule has 20 heavy (non-hydrogen) atoms. The smallest absolute Gasteiger partial charge is 0.317 e. The third-order valence-corrected chi connectivity index (χ3v) is 3.27. The fourth-order valence-electron chi connectivity index (χ4n) is 2.10. The van der Waals surface area contributed by atoms with Gasteiger partial charge in [0.15, 0.2) is 0 Å². The quantitative estimate of drug-likeness (QED) is 0.657. The Hall–Kier alpha value is -1.54. The number of morpholine rings is 2. The average molecular weight is 286 g/mol. The van der Waals surface area contributed by atoms with Crippen molar-refractivity contribution in [2.75, 3.05) is 65.7 Å². The molecule has 2 aliphatic heterocycles. The largest absolute Gasteiger partial charge is 0.378 e. The van der Waals surface area contributed by atoms with Crippen LogP contribution in [-0.4, -0.2) is 87.6 Å². The third kappa shape index (κ3) is 4.53. The number of amides is 4. The lowest BCUT2D eigenvalue weighted by molar-refractivity contribution is 0.0524. The van der Waals surface area contributed by atoms with Crippen molar-refractivity contribution in [3.63, 3.8) is 0 Å². The van der Waals surface area contributed by atoms with Crippen molar-refractivity contribution in [2.45, 2.75) is 0 Å². The molecule has 0 aromatic rings. The van der Waals surface area contributed by atoms with E-state index in [1.807, 2.05) is 0 Å². The van der Waals surface area contributed by atoms with E-state index < -0.39 is 0 Å². The molecule has 2 heterocycles. The molecule has 0 aliphatic carbocycles. The summed E-state index contributed by atoms with van der Waals surface area (Å²) in [5.41, 5.74) is 0. The van der Waals surface area contributed by atoms with Crippen molar-refractivity contribution < 1.29 is 19.1 Å². The van der Waals surface area contributed by atoms with Crippen molar-refractivity contribution in [3.05, 3.63) is 0 Å². The first kappa shape index (κ1) is 14.9. The molecule has 8 nitrogen and oxygen atoms in total. The maximum atomic E-state index is 11.8. The highest BCUT2D eigenvalue weighted by Crippen LogP contribution is 1.97. The van der Waals surface area contributed by atoms with Crippen LogP contribution in [0.4, 0.5) is 9.59 Å². The topological polar surface area (TPSA) is 83.1 Å². The molecule has 0 saturated carbocycles. The molecule has 114 valence electrons. The molecule has 2 fully saturated rings. The first-order chi connectivity index (χ1) is 9.77. The molecule has 2 aliphatic rings. The van der Waals surface area contributed by atoms with Gasteiger partial charge in [0.25, 0.3) is 0 Å². The van der Waals surface area contributed by atoms with Crippen LogP contribution in [0.2, 0.25) is 0 Å². The van der Waals surface area contributed by atoms with Gasteiger partial charge in [0.1, 0.15) is 0 Å². The summed E-state index contributed by atoms with van der Waals surface area (Å²) >= 11 is 0. The van der Waals surface area contributed by atoms with E-state index in [4.69, 9.17) is 9.47 Å². The van der Waals surface area contributed by atoms with Crippen molar-refractivity contribution in [2.24, 2.45) is 0 Å². The summed E-state index contributed by atoms with van der Waals surface area (Å²) in [5.74, 6) is 0. The molecule has 2 saturated heterocycles. The van der Waals surface area contributed by atoms with Crippen LogP contribution in [0.3, 0.4) is 0 Å². The maximum absolute atomic E-state index is 11.8. The van der Waals surface area contributed by atoms with Crippen molar-refractivity contribution in [1.82, 2.24) is 20.4 Å². The number of carbonyl (C=O) groups excluding carboxylic acids is 2. The SMILES string of the molecule is O=C(NCCNC(=O)N1CCOCC1)N1CCOCC1. The second-order valence-corrected chi connectivity index (χ2v) is 4.66. The standard InChI is InChI=1S/C12H22N4O4/c17-11(15-3-7-19-8-4-15)13-1-2-14-12(18)16-5-9-20-10-6-16/h1-10H2,(H,13,17)(H,14,18). The van der Waals surface area contributed by atoms with Gasteiger partial charge in [0.05, 0.1) is 26.4 Å². The monoisotopic (exact) mass is 286 g/mol. The number of hydrogen-bond acceptors (Lipinski definition) is 4. The highest BCUT2D eigenvalue weighted by molar-refractivity contribution is 5.75. The summed E-state index contributed by atoms with van der Waals surface area (Å²) in [7, 11) is 0. The van der Waals surface area contributed by atoms with E-state index in [1.54, 1.807) is 9.80 Å². The first-order valence-corrected chi connectivity index (χ1v) is 6.98. The zero-order chi connectivity index (χ0) is 14.2. The van der Waals surface area contributed by atoms with Crippen LogP contribution >= 0.6 is 0 Å². The Kier molecular flexibility index (Phi) is 5.87. The molecule has 0 aromatic heterocycles. The Morgan fingerprint density at radius 1 is 0.750 bits per heavy atom. The van der Waals surface area contributed by atoms with E-state index in [-0.39, 0.29) is 12.1 Å². The van der Waals surface area contributed by atoms with E-state index in [0.717, 1.165) is 0 Å². The van der Waals surface area contributed by atoms with Gasteiger partial charge in [0.2, 0.25) is 0 Å². The molecule has 8 heteroatoms. The summed E-state index contributed by atoms with van der Waals surface area (Å²) in [6.45, 7) is 5.65. The van der Waals surface area contributed by atoms with Crippen LogP contribution in [0.1, 0.15) is 0 Å². The fourth-order valence-corrected chi connectivity index (χ4v) is 2.10. The molecule has 2 N–H and O–H groups in total. The lowest BCUT2D eigenvalue weighted by Gasteiger charge is -2.28. The van der Waals surface area contributed by atoms with Gasteiger partial charge in [-0.15, -0.1) is 0 Å². The molecular weight excluding hydrogens is 264 g/mol. The van der Waals surface area contributed by atoms with Crippen LogP contribution in [0.15, 0.2) is 0 Å². The Labute approximate surface area is 118 Å². The number of nitrogens with one attached hydrogen (secondary N) is 2. The van der Waals surface area contributed by atoms with Gasteiger partial charge in [-0.3, -0.25) is 0 Å². The minimum Gasteiger partial charge on any atom is -0.378 e. The Morgan fingerprint density at radius 3 is 1.45 bits per heavy atom. The molecule has 0 spiro atoms. The molecule has 4 amide bonds. The zero-order valence-corrected chi connectivity index (χ0v) is 11.6. The highest BCUT2D eigenvalue weighted by atomic mass is 16.5. The summed E-state index contributed by atoms with van der Waals surface area (Å²) in [4.78, 5) is 27.0. The predicted octanol–water partition coefficient (Wildman–Crippen LogP) is -0.930. The normalized spacial score (nSPS) is 19.6. The minimum atomic E-state index is -0.103. The number of ether oxygens (including phenoxy) is 2. The van der Waals surface area contributed by atoms with Crippen molar-refractivity contribution in [1.29, 1.82) is 0 Å². The van der Waals surface area contributed by atoms with Gasteiger partial charge < -0.3 is 29.9 Å². The Balaban J connectivity index is 1.56. The molecule has 2 rings (SSSR count). The molecule has 0 atom stereocenters. The number of nitrogens with zero attached hydrogens (tertiary/aromatic N) is 2. The van der Waals surface area contributed by atoms with Gasteiger partial charge >= 0.3 is 12.1 Å². The lowest BCUT2D eigenvalue weighted by Crippen LogP contribution is -2.50. The molecule has 0 aromatic carbocycles. The first-order valence-electron chi connectivity index (χ1n) is 6.98. The number of rotatable bonds is 3. The van der Waals surface area contributed by atoms with Crippen molar-refractivity contribution >= 4 is 12.1 Å². The average Bonchev–Trinajstić information content (AvgIpc) is 2.53. The van der Waals surface area contributed by atoms with Gasteiger partial charge in [-0.05, 0) is 0 Å². The van der Waals surface area contributed by atoms with Gasteiger partial charge in [-0.25, -0.2) is 9.59 Å². The second kappa shape index (κ2) is 7.91. The lowest BCUT2D eigenvalue weighted by atomic mass is 10.4. The van der Waals surface area contributed by atoms with E-state index >= 15 is 0 Å². The van der Waals surface area contributed by atoms with Crippen LogP contribution in [-0.2, 0) is 9.47 Å². The predicted molar refractivity (Wildman–Crippen MR) is 71.6 cm³/mol. The minimum absolute atomic E-state index is 0.103. The number of carbonyl (C=O) groups is 2. The van der Waals surface area contributed by atoms with Gasteiger partial charge in [-0.2, -0.15) is 0 Å². The number of hydrogen-bond donors (Lipinski definition) is 2. The third-order valence-electron chi connectivity index (χ3n) is 3.27. The number of urea groups is 2. The zero-order valence-electron chi connectivity index (χ0n) is 11.6. The van der Waals surface area contributed by atoms with Crippen LogP contribution in [0.25, 0.3) is 0 Å². The molecule has 0 unspecified atom stereocenters. The van der Waals surface area contributed by atoms with Crippen LogP contribution < -0.4 is 10.6 Å². The summed E-state index contributed by atoms with van der Waals surface area (Å²) in [6, 6.07) is -0.206. The van der Waals surface area contributed by atoms with Gasteiger partial charge in [0, 0.05) is 39.3 Å². The Morgan fingerprint density at radius 2 is 1.10 bits per heavy atom. The van der Waals surface area contributed by atoms with Crippen molar-refractivity contribution in [3.8, 4) is 0 Å². The fraction of sp³-hybridized carbons (Fsp3) is 0.833. The van der Waals surface area contributed by atoms with Crippen LogP contribution in [0, 0.1) is 0 Å². The second-order valence-electron chi connectivity index (χ2n) is 4.66. The molecule has 0 bridgehead atoms. The summed E-state index contributed by atoms with van der Waals surface area (Å²) in [6.07, 6.45) is 0. The molecule has 0 radical (unpaired) electrons. The highest BCUT2D eigenvalue weighted by Gasteiger charge is 2.17. The van der Waals surface area contributed by atoms with E-state index in [0.29, 0.717) is 65.7 Å². The van der Waals surface area contributed by atoms with Crippen LogP contribution in [0.5, 0.6) is 0 Å².